The third kappa shape index (κ3) is 4.55. The van der Waals surface area contributed by atoms with Crippen molar-refractivity contribution in [3.8, 4) is 33.6 Å². The van der Waals surface area contributed by atoms with Crippen molar-refractivity contribution in [3.63, 3.8) is 0 Å². The van der Waals surface area contributed by atoms with Crippen molar-refractivity contribution in [2.75, 3.05) is 0 Å². The number of hydrogen-bond donors (Lipinski definition) is 0. The van der Waals surface area contributed by atoms with Crippen molar-refractivity contribution in [1.82, 2.24) is 9.13 Å². The van der Waals surface area contributed by atoms with Crippen molar-refractivity contribution in [1.29, 1.82) is 0 Å². The topological polar surface area (TPSA) is 22.2 Å². The van der Waals surface area contributed by atoms with Crippen LogP contribution in [-0.4, -0.2) is 14.8 Å². The second kappa shape index (κ2) is 11.6. The van der Waals surface area contributed by atoms with Crippen molar-refractivity contribution >= 4 is 44.1 Å². The highest BCUT2D eigenvalue weighted by atomic mass is 15.0. The Labute approximate surface area is 291 Å². The van der Waals surface area contributed by atoms with Gasteiger partial charge in [-0.2, -0.15) is 0 Å². The fourth-order valence-electron chi connectivity index (χ4n) is 7.95. The summed E-state index contributed by atoms with van der Waals surface area (Å²) in [5.41, 5.74) is 15.4. The van der Waals surface area contributed by atoms with Crippen molar-refractivity contribution < 1.29 is 0 Å². The van der Waals surface area contributed by atoms with Gasteiger partial charge < -0.3 is 9.13 Å². The standard InChI is InChI=1S/C47H33N3/c1-5-15-32(16-6-1)35-30-39(33-17-7-2-8-18-33)47-41(31-35)46-45(50(47)37-21-11-4-12-22-37)28-26-42(48-46)34-25-27-44-40(29-34)38-23-13-14-24-43(38)49(44)36-19-9-3-10-20-36/h1-25,27,29-31H,26,28H2. The molecule has 0 saturated heterocycles. The first-order chi connectivity index (χ1) is 24.8. The molecule has 0 fully saturated rings. The molecule has 0 bridgehead atoms. The van der Waals surface area contributed by atoms with E-state index < -0.39 is 0 Å². The maximum absolute atomic E-state index is 5.60. The predicted molar refractivity (Wildman–Crippen MR) is 209 cm³/mol. The average Bonchev–Trinajstić information content (AvgIpc) is 3.71. The summed E-state index contributed by atoms with van der Waals surface area (Å²) in [4.78, 5) is 5.60. The maximum Gasteiger partial charge on any atom is 0.0925 e. The second-order valence-electron chi connectivity index (χ2n) is 13.1. The Kier molecular flexibility index (Phi) is 6.63. The minimum absolute atomic E-state index is 0.866. The molecule has 7 aromatic carbocycles. The summed E-state index contributed by atoms with van der Waals surface area (Å²) < 4.78 is 4.84. The lowest BCUT2D eigenvalue weighted by Gasteiger charge is -2.17. The van der Waals surface area contributed by atoms with Gasteiger partial charge in [-0.1, -0.05) is 121 Å². The second-order valence-corrected chi connectivity index (χ2v) is 13.1. The molecule has 50 heavy (non-hydrogen) atoms. The first-order valence-corrected chi connectivity index (χ1v) is 17.4. The van der Waals surface area contributed by atoms with Gasteiger partial charge in [0.25, 0.3) is 0 Å². The third-order valence-corrected chi connectivity index (χ3v) is 10.2. The molecule has 0 spiro atoms. The molecule has 3 nitrogen and oxygen atoms in total. The Bertz CT molecular complexity index is 2720. The molecule has 3 heteroatoms. The molecule has 0 amide bonds. The van der Waals surface area contributed by atoms with Crippen LogP contribution in [0.15, 0.2) is 181 Å². The minimum atomic E-state index is 0.866. The molecular formula is C47H33N3. The molecule has 0 N–H and O–H groups in total. The Morgan fingerprint density at radius 1 is 0.400 bits per heavy atom. The van der Waals surface area contributed by atoms with Crippen LogP contribution in [0.25, 0.3) is 66.3 Å². The van der Waals surface area contributed by atoms with Gasteiger partial charge in [0.2, 0.25) is 0 Å². The van der Waals surface area contributed by atoms with Gasteiger partial charge in [-0.3, -0.25) is 4.99 Å². The quantitative estimate of drug-likeness (QED) is 0.179. The molecule has 0 unspecified atom stereocenters. The molecule has 9 aromatic rings. The Hall–Kier alpha value is -6.45. The summed E-state index contributed by atoms with van der Waals surface area (Å²) in [7, 11) is 0. The SMILES string of the molecule is c1ccc(-c2cc(-c3ccccc3)c3c(c2)c2c(n3-c3ccccc3)CCC(c3ccc4c(c3)c3ccccc3n4-c3ccccc3)=N2)cc1. The van der Waals surface area contributed by atoms with Gasteiger partial charge in [-0.25, -0.2) is 0 Å². The van der Waals surface area contributed by atoms with Crippen molar-refractivity contribution in [3.05, 3.63) is 187 Å². The van der Waals surface area contributed by atoms with E-state index in [1.54, 1.807) is 0 Å². The van der Waals surface area contributed by atoms with E-state index in [4.69, 9.17) is 4.99 Å². The molecular weight excluding hydrogens is 607 g/mol. The number of fused-ring (bicyclic) bond motifs is 6. The summed E-state index contributed by atoms with van der Waals surface area (Å²) in [6.07, 6.45) is 1.77. The number of hydrogen-bond acceptors (Lipinski definition) is 1. The van der Waals surface area contributed by atoms with E-state index in [1.165, 1.54) is 71.9 Å². The molecule has 1 aliphatic heterocycles. The number of nitrogens with zero attached hydrogens (tertiary/aromatic N) is 3. The first-order valence-electron chi connectivity index (χ1n) is 17.4. The van der Waals surface area contributed by atoms with Crippen molar-refractivity contribution in [2.45, 2.75) is 12.8 Å². The van der Waals surface area contributed by atoms with Gasteiger partial charge in [-0.15, -0.1) is 0 Å². The number of aliphatic imine (C=N–C) groups is 1. The molecule has 0 aliphatic carbocycles. The van der Waals surface area contributed by atoms with Crippen LogP contribution in [0.2, 0.25) is 0 Å². The van der Waals surface area contributed by atoms with E-state index in [-0.39, 0.29) is 0 Å². The van der Waals surface area contributed by atoms with Crippen LogP contribution in [0.4, 0.5) is 5.69 Å². The first kappa shape index (κ1) is 28.6. The van der Waals surface area contributed by atoms with E-state index in [0.717, 1.165) is 29.9 Å². The van der Waals surface area contributed by atoms with E-state index in [0.29, 0.717) is 0 Å². The highest BCUT2D eigenvalue weighted by molar-refractivity contribution is 6.15. The number of benzene rings is 7. The molecule has 0 radical (unpaired) electrons. The molecule has 0 saturated carbocycles. The number of rotatable bonds is 5. The molecule has 10 rings (SSSR count). The number of para-hydroxylation sites is 3. The van der Waals surface area contributed by atoms with E-state index in [9.17, 15) is 0 Å². The zero-order valence-electron chi connectivity index (χ0n) is 27.5. The van der Waals surface area contributed by atoms with E-state index in [2.05, 4.69) is 185 Å². The smallest absolute Gasteiger partial charge is 0.0925 e. The van der Waals surface area contributed by atoms with Crippen LogP contribution in [0.1, 0.15) is 17.7 Å². The lowest BCUT2D eigenvalue weighted by Crippen LogP contribution is -2.10. The fourth-order valence-corrected chi connectivity index (χ4v) is 7.95. The summed E-state index contributed by atoms with van der Waals surface area (Å²) in [5, 5.41) is 3.69. The van der Waals surface area contributed by atoms with Crippen LogP contribution >= 0.6 is 0 Å². The summed E-state index contributed by atoms with van der Waals surface area (Å²) in [5.74, 6) is 0. The lowest BCUT2D eigenvalue weighted by molar-refractivity contribution is 0.903. The predicted octanol–water partition coefficient (Wildman–Crippen LogP) is 12.1. The molecule has 3 heterocycles. The van der Waals surface area contributed by atoms with Crippen LogP contribution < -0.4 is 0 Å². The monoisotopic (exact) mass is 639 g/mol. The van der Waals surface area contributed by atoms with Gasteiger partial charge in [0.05, 0.1) is 27.9 Å². The van der Waals surface area contributed by atoms with Crippen LogP contribution in [0.5, 0.6) is 0 Å². The zero-order valence-corrected chi connectivity index (χ0v) is 27.5. The van der Waals surface area contributed by atoms with Gasteiger partial charge in [0.15, 0.2) is 0 Å². The minimum Gasteiger partial charge on any atom is -0.311 e. The summed E-state index contributed by atoms with van der Waals surface area (Å²) >= 11 is 0. The van der Waals surface area contributed by atoms with Gasteiger partial charge in [-0.05, 0) is 89.7 Å². The fraction of sp³-hybridized carbons (Fsp3) is 0.0426. The molecule has 2 aromatic heterocycles. The highest BCUT2D eigenvalue weighted by Crippen LogP contribution is 2.46. The van der Waals surface area contributed by atoms with Gasteiger partial charge in [0.1, 0.15) is 0 Å². The van der Waals surface area contributed by atoms with Gasteiger partial charge in [0, 0.05) is 38.8 Å². The summed E-state index contributed by atoms with van der Waals surface area (Å²) in [6.45, 7) is 0. The molecule has 236 valence electrons. The Morgan fingerprint density at radius 2 is 0.980 bits per heavy atom. The van der Waals surface area contributed by atoms with Crippen LogP contribution in [0, 0.1) is 0 Å². The van der Waals surface area contributed by atoms with Gasteiger partial charge >= 0.3 is 0 Å². The largest absolute Gasteiger partial charge is 0.311 e. The average molecular weight is 640 g/mol. The van der Waals surface area contributed by atoms with Crippen LogP contribution in [0.3, 0.4) is 0 Å². The number of aromatic nitrogens is 2. The Balaban J connectivity index is 1.23. The Morgan fingerprint density at radius 3 is 1.70 bits per heavy atom. The van der Waals surface area contributed by atoms with E-state index >= 15 is 0 Å². The highest BCUT2D eigenvalue weighted by Gasteiger charge is 2.26. The molecule has 0 atom stereocenters. The zero-order chi connectivity index (χ0) is 33.0. The normalized spacial score (nSPS) is 12.8. The van der Waals surface area contributed by atoms with E-state index in [1.807, 2.05) is 0 Å². The van der Waals surface area contributed by atoms with Crippen molar-refractivity contribution in [2.24, 2.45) is 4.99 Å². The molecule has 1 aliphatic rings. The summed E-state index contributed by atoms with van der Waals surface area (Å²) in [6, 6.07) is 63.3. The lowest BCUT2D eigenvalue weighted by atomic mass is 9.95. The third-order valence-electron chi connectivity index (χ3n) is 10.2. The van der Waals surface area contributed by atoms with Crippen LogP contribution in [-0.2, 0) is 6.42 Å². The maximum atomic E-state index is 5.60.